The van der Waals surface area contributed by atoms with Crippen LogP contribution < -0.4 is 4.90 Å². The summed E-state index contributed by atoms with van der Waals surface area (Å²) in [5, 5.41) is 17.0. The third-order valence-electron chi connectivity index (χ3n) is 5.89. The maximum absolute atomic E-state index is 8.81. The summed E-state index contributed by atoms with van der Waals surface area (Å²) in [6.45, 7) is 1.09. The number of hydrogen-bond donors (Lipinski definition) is 0. The SMILES string of the molecule is CN(CC12CC3CC(CC(C3)C1)C2)c1ccc(C#N)nn1. The standard InChI is InChI=1S/C17H22N4/c1-21(16-3-2-15(10-18)19-20-16)11-17-7-12-4-13(8-17)6-14(5-12)9-17/h2-3,12-14H,4-9,11H2,1H3. The molecule has 1 heterocycles. The van der Waals surface area contributed by atoms with Crippen LogP contribution in [0.1, 0.15) is 44.2 Å². The fraction of sp³-hybridized carbons (Fsp3) is 0.706. The molecule has 0 aliphatic heterocycles. The van der Waals surface area contributed by atoms with Crippen LogP contribution in [0.25, 0.3) is 0 Å². The van der Waals surface area contributed by atoms with E-state index in [2.05, 4.69) is 22.1 Å². The maximum atomic E-state index is 8.81. The van der Waals surface area contributed by atoms with E-state index < -0.39 is 0 Å². The molecule has 0 radical (unpaired) electrons. The van der Waals surface area contributed by atoms with E-state index in [9.17, 15) is 0 Å². The monoisotopic (exact) mass is 282 g/mol. The number of rotatable bonds is 3. The van der Waals surface area contributed by atoms with Crippen LogP contribution in [0.4, 0.5) is 5.82 Å². The molecule has 4 aliphatic carbocycles. The Morgan fingerprint density at radius 2 is 1.76 bits per heavy atom. The van der Waals surface area contributed by atoms with Gasteiger partial charge in [0.15, 0.2) is 11.5 Å². The van der Waals surface area contributed by atoms with Crippen molar-refractivity contribution in [3.05, 3.63) is 17.8 Å². The lowest BCUT2D eigenvalue weighted by molar-refractivity contribution is -0.0472. The van der Waals surface area contributed by atoms with E-state index >= 15 is 0 Å². The number of nitrogens with zero attached hydrogens (tertiary/aromatic N) is 4. The molecule has 0 unspecified atom stereocenters. The smallest absolute Gasteiger partial charge is 0.163 e. The minimum atomic E-state index is 0.391. The molecule has 4 aliphatic rings. The summed E-state index contributed by atoms with van der Waals surface area (Å²) in [5.74, 6) is 3.84. The van der Waals surface area contributed by atoms with E-state index in [-0.39, 0.29) is 0 Å². The molecular formula is C17H22N4. The lowest BCUT2D eigenvalue weighted by Gasteiger charge is -2.57. The van der Waals surface area contributed by atoms with E-state index in [1.807, 2.05) is 12.1 Å². The fourth-order valence-corrected chi connectivity index (χ4v) is 5.66. The van der Waals surface area contributed by atoms with Crippen molar-refractivity contribution in [1.82, 2.24) is 10.2 Å². The summed E-state index contributed by atoms with van der Waals surface area (Å²) in [5.41, 5.74) is 0.904. The van der Waals surface area contributed by atoms with Crippen molar-refractivity contribution in [2.24, 2.45) is 23.2 Å². The largest absolute Gasteiger partial charge is 0.358 e. The van der Waals surface area contributed by atoms with Crippen molar-refractivity contribution in [3.63, 3.8) is 0 Å². The second kappa shape index (κ2) is 4.69. The van der Waals surface area contributed by atoms with Gasteiger partial charge in [0.05, 0.1) is 0 Å². The molecule has 110 valence electrons. The normalized spacial score (nSPS) is 36.5. The molecule has 0 spiro atoms. The average Bonchev–Trinajstić information content (AvgIpc) is 2.45. The van der Waals surface area contributed by atoms with Crippen LogP contribution in [0.2, 0.25) is 0 Å². The zero-order valence-electron chi connectivity index (χ0n) is 12.6. The van der Waals surface area contributed by atoms with Crippen molar-refractivity contribution in [3.8, 4) is 6.07 Å². The van der Waals surface area contributed by atoms with Gasteiger partial charge in [0.25, 0.3) is 0 Å². The predicted octanol–water partition coefficient (Wildman–Crippen LogP) is 3.00. The molecule has 0 amide bonds. The third kappa shape index (κ3) is 2.29. The summed E-state index contributed by atoms with van der Waals surface area (Å²) in [4.78, 5) is 2.25. The molecular weight excluding hydrogens is 260 g/mol. The van der Waals surface area contributed by atoms with E-state index in [4.69, 9.17) is 5.26 Å². The molecule has 5 rings (SSSR count). The molecule has 4 heteroatoms. The predicted molar refractivity (Wildman–Crippen MR) is 80.6 cm³/mol. The van der Waals surface area contributed by atoms with Crippen LogP contribution in [0, 0.1) is 34.5 Å². The first kappa shape index (κ1) is 13.1. The van der Waals surface area contributed by atoms with Crippen molar-refractivity contribution >= 4 is 5.82 Å². The molecule has 4 saturated carbocycles. The highest BCUT2D eigenvalue weighted by Gasteiger charge is 2.51. The van der Waals surface area contributed by atoms with E-state index in [0.29, 0.717) is 11.1 Å². The van der Waals surface area contributed by atoms with Crippen LogP contribution in [-0.4, -0.2) is 23.8 Å². The first-order valence-electron chi connectivity index (χ1n) is 8.11. The lowest BCUT2D eigenvalue weighted by atomic mass is 9.49. The van der Waals surface area contributed by atoms with E-state index in [0.717, 1.165) is 30.1 Å². The Morgan fingerprint density at radius 3 is 2.24 bits per heavy atom. The number of hydrogen-bond acceptors (Lipinski definition) is 4. The van der Waals surface area contributed by atoms with Crippen molar-refractivity contribution < 1.29 is 0 Å². The number of nitriles is 1. The van der Waals surface area contributed by atoms with Crippen LogP contribution in [0.5, 0.6) is 0 Å². The number of anilines is 1. The van der Waals surface area contributed by atoms with Gasteiger partial charge in [-0.3, -0.25) is 0 Å². The molecule has 0 N–H and O–H groups in total. The van der Waals surface area contributed by atoms with Gasteiger partial charge in [-0.1, -0.05) is 0 Å². The fourth-order valence-electron chi connectivity index (χ4n) is 5.66. The molecule has 4 bridgehead atoms. The average molecular weight is 282 g/mol. The summed E-state index contributed by atoms with van der Waals surface area (Å²) in [7, 11) is 2.12. The maximum Gasteiger partial charge on any atom is 0.163 e. The second-order valence-corrected chi connectivity index (χ2v) is 7.66. The Kier molecular flexibility index (Phi) is 2.92. The van der Waals surface area contributed by atoms with Gasteiger partial charge < -0.3 is 4.90 Å². The third-order valence-corrected chi connectivity index (χ3v) is 5.89. The van der Waals surface area contributed by atoms with Crippen molar-refractivity contribution in [2.75, 3.05) is 18.5 Å². The van der Waals surface area contributed by atoms with Crippen LogP contribution in [0.15, 0.2) is 12.1 Å². The Labute approximate surface area is 126 Å². The molecule has 1 aromatic rings. The van der Waals surface area contributed by atoms with Gasteiger partial charge in [-0.05, 0) is 73.8 Å². The highest BCUT2D eigenvalue weighted by molar-refractivity contribution is 5.38. The van der Waals surface area contributed by atoms with Gasteiger partial charge in [0.2, 0.25) is 0 Å². The zero-order valence-corrected chi connectivity index (χ0v) is 12.6. The van der Waals surface area contributed by atoms with Crippen LogP contribution in [-0.2, 0) is 0 Å². The Morgan fingerprint density at radius 1 is 1.14 bits per heavy atom. The highest BCUT2D eigenvalue weighted by Crippen LogP contribution is 2.60. The lowest BCUT2D eigenvalue weighted by Crippen LogP contribution is -2.50. The molecule has 1 aromatic heterocycles. The van der Waals surface area contributed by atoms with E-state index in [1.165, 1.54) is 38.5 Å². The minimum Gasteiger partial charge on any atom is -0.358 e. The molecule has 4 fully saturated rings. The zero-order chi connectivity index (χ0) is 14.4. The Bertz CT molecular complexity index is 536. The van der Waals surface area contributed by atoms with Gasteiger partial charge in [0, 0.05) is 13.6 Å². The van der Waals surface area contributed by atoms with Crippen LogP contribution >= 0.6 is 0 Å². The minimum absolute atomic E-state index is 0.391. The summed E-state index contributed by atoms with van der Waals surface area (Å²) in [6.07, 6.45) is 8.69. The van der Waals surface area contributed by atoms with Gasteiger partial charge in [0.1, 0.15) is 6.07 Å². The number of aromatic nitrogens is 2. The molecule has 0 aromatic carbocycles. The molecule has 0 atom stereocenters. The highest BCUT2D eigenvalue weighted by atomic mass is 15.2. The van der Waals surface area contributed by atoms with Gasteiger partial charge >= 0.3 is 0 Å². The Hall–Kier alpha value is -1.63. The van der Waals surface area contributed by atoms with E-state index in [1.54, 1.807) is 6.07 Å². The summed E-state index contributed by atoms with van der Waals surface area (Å²) < 4.78 is 0. The van der Waals surface area contributed by atoms with Crippen LogP contribution in [0.3, 0.4) is 0 Å². The van der Waals surface area contributed by atoms with Crippen molar-refractivity contribution in [2.45, 2.75) is 38.5 Å². The first-order chi connectivity index (χ1) is 10.2. The Balaban J connectivity index is 1.51. The van der Waals surface area contributed by atoms with Crippen molar-refractivity contribution in [1.29, 1.82) is 5.26 Å². The summed E-state index contributed by atoms with van der Waals surface area (Å²) >= 11 is 0. The van der Waals surface area contributed by atoms with Gasteiger partial charge in [-0.2, -0.15) is 5.26 Å². The summed E-state index contributed by atoms with van der Waals surface area (Å²) in [6, 6.07) is 5.71. The molecule has 4 nitrogen and oxygen atoms in total. The van der Waals surface area contributed by atoms with Gasteiger partial charge in [-0.25, -0.2) is 0 Å². The topological polar surface area (TPSA) is 52.8 Å². The second-order valence-electron chi connectivity index (χ2n) is 7.66. The van der Waals surface area contributed by atoms with Gasteiger partial charge in [-0.15, -0.1) is 10.2 Å². The first-order valence-corrected chi connectivity index (χ1v) is 8.11. The molecule has 0 saturated heterocycles. The molecule has 21 heavy (non-hydrogen) atoms. The quantitative estimate of drug-likeness (QED) is 0.855.